The number of nitrogens with one attached hydrogen (secondary N) is 1. The molecule has 6 nitrogen and oxygen atoms in total. The minimum absolute atomic E-state index is 0.135. The van der Waals surface area contributed by atoms with Crippen LogP contribution in [-0.2, 0) is 4.79 Å². The van der Waals surface area contributed by atoms with Crippen LogP contribution in [-0.4, -0.2) is 19.0 Å². The van der Waals surface area contributed by atoms with Crippen LogP contribution in [0.3, 0.4) is 0 Å². The lowest BCUT2D eigenvalue weighted by atomic mass is 10.0. The van der Waals surface area contributed by atoms with E-state index in [9.17, 15) is 14.9 Å². The number of ether oxygens (including phenoxy) is 2. The van der Waals surface area contributed by atoms with E-state index < -0.39 is 11.9 Å². The van der Waals surface area contributed by atoms with Gasteiger partial charge in [0.05, 0.1) is 17.1 Å². The molecule has 0 atom stereocenters. The molecule has 0 saturated carbocycles. The highest BCUT2D eigenvalue weighted by atomic mass is 79.9. The summed E-state index contributed by atoms with van der Waals surface area (Å²) in [5.74, 6) is -0.722. The van der Waals surface area contributed by atoms with Crippen LogP contribution in [0.1, 0.15) is 15.9 Å². The molecule has 36 heavy (non-hydrogen) atoms. The van der Waals surface area contributed by atoms with Gasteiger partial charge in [-0.05, 0) is 74.7 Å². The average Bonchev–Trinajstić information content (AvgIpc) is 2.88. The summed E-state index contributed by atoms with van der Waals surface area (Å²) in [7, 11) is 1.43. The Labute approximate surface area is 220 Å². The van der Waals surface area contributed by atoms with E-state index in [1.807, 2.05) is 36.4 Å². The first-order valence-electron chi connectivity index (χ1n) is 10.7. The third-order valence-corrected chi connectivity index (χ3v) is 6.04. The van der Waals surface area contributed by atoms with Crippen LogP contribution in [0.5, 0.6) is 11.5 Å². The summed E-state index contributed by atoms with van der Waals surface area (Å²) < 4.78 is 11.5. The fourth-order valence-corrected chi connectivity index (χ4v) is 4.28. The van der Waals surface area contributed by atoms with Crippen molar-refractivity contribution >= 4 is 61.9 Å². The van der Waals surface area contributed by atoms with Crippen molar-refractivity contribution in [3.05, 3.63) is 105 Å². The van der Waals surface area contributed by atoms with Crippen molar-refractivity contribution in [3.63, 3.8) is 0 Å². The van der Waals surface area contributed by atoms with Gasteiger partial charge < -0.3 is 14.8 Å². The van der Waals surface area contributed by atoms with Gasteiger partial charge in [-0.2, -0.15) is 5.26 Å². The second-order valence-corrected chi connectivity index (χ2v) is 8.88. The minimum Gasteiger partial charge on any atom is -0.493 e. The van der Waals surface area contributed by atoms with E-state index in [2.05, 4.69) is 21.2 Å². The Bertz CT molecular complexity index is 1550. The predicted molar refractivity (Wildman–Crippen MR) is 143 cm³/mol. The molecule has 0 aliphatic heterocycles. The Morgan fingerprint density at radius 3 is 2.53 bits per heavy atom. The Hall–Kier alpha value is -4.12. The van der Waals surface area contributed by atoms with Crippen LogP contribution >= 0.6 is 27.5 Å². The second-order valence-electron chi connectivity index (χ2n) is 7.58. The van der Waals surface area contributed by atoms with E-state index in [0.29, 0.717) is 26.3 Å². The molecule has 4 aromatic rings. The number of methoxy groups -OCH3 is 1. The molecule has 1 amide bonds. The van der Waals surface area contributed by atoms with Crippen LogP contribution in [0.25, 0.3) is 16.8 Å². The van der Waals surface area contributed by atoms with Crippen LogP contribution in [0.15, 0.2) is 88.9 Å². The molecule has 178 valence electrons. The fraction of sp³-hybridized carbons (Fsp3) is 0.0357. The molecule has 0 radical (unpaired) electrons. The van der Waals surface area contributed by atoms with E-state index in [0.717, 1.165) is 10.8 Å². The summed E-state index contributed by atoms with van der Waals surface area (Å²) in [5.41, 5.74) is 1.23. The molecule has 0 aliphatic carbocycles. The summed E-state index contributed by atoms with van der Waals surface area (Å²) in [6, 6.07) is 24.6. The van der Waals surface area contributed by atoms with Crippen LogP contribution in [0.2, 0.25) is 5.02 Å². The largest absolute Gasteiger partial charge is 0.493 e. The molecule has 0 saturated heterocycles. The van der Waals surface area contributed by atoms with Crippen molar-refractivity contribution in [2.24, 2.45) is 0 Å². The standard InChI is InChI=1S/C28H18BrClN2O4/c1-35-25-14-17(12-19(16-31)27(33)32-21-9-5-8-20(30)15-21)13-24(29)26(25)36-28(34)23-11-4-7-18-6-2-3-10-22(18)23/h2-15H,1H3,(H,32,33)/b19-12+. The van der Waals surface area contributed by atoms with Crippen LogP contribution < -0.4 is 14.8 Å². The van der Waals surface area contributed by atoms with E-state index >= 15 is 0 Å². The molecule has 0 spiro atoms. The number of hydrogen-bond donors (Lipinski definition) is 1. The first-order chi connectivity index (χ1) is 17.4. The third kappa shape index (κ3) is 5.57. The quantitative estimate of drug-likeness (QED) is 0.118. The zero-order valence-corrected chi connectivity index (χ0v) is 21.3. The summed E-state index contributed by atoms with van der Waals surface area (Å²) in [6.07, 6.45) is 1.41. The van der Waals surface area contributed by atoms with Gasteiger partial charge >= 0.3 is 5.97 Å². The SMILES string of the molecule is COc1cc(/C=C(\C#N)C(=O)Nc2cccc(Cl)c2)cc(Br)c1OC(=O)c1cccc2ccccc12. The smallest absolute Gasteiger partial charge is 0.344 e. The van der Waals surface area contributed by atoms with Gasteiger partial charge in [0, 0.05) is 10.7 Å². The number of halogens is 2. The lowest BCUT2D eigenvalue weighted by molar-refractivity contribution is -0.112. The number of amides is 1. The summed E-state index contributed by atoms with van der Waals surface area (Å²) in [4.78, 5) is 25.6. The van der Waals surface area contributed by atoms with E-state index in [1.165, 1.54) is 13.2 Å². The van der Waals surface area contributed by atoms with Gasteiger partial charge in [0.15, 0.2) is 11.5 Å². The highest BCUT2D eigenvalue weighted by molar-refractivity contribution is 9.10. The molecule has 0 unspecified atom stereocenters. The highest BCUT2D eigenvalue weighted by Crippen LogP contribution is 2.38. The molecule has 0 fully saturated rings. The van der Waals surface area contributed by atoms with Crippen LogP contribution in [0, 0.1) is 11.3 Å². The van der Waals surface area contributed by atoms with Crippen molar-refractivity contribution in [1.82, 2.24) is 0 Å². The average molecular weight is 562 g/mol. The second kappa shape index (κ2) is 11.1. The van der Waals surface area contributed by atoms with Gasteiger partial charge in [-0.3, -0.25) is 4.79 Å². The third-order valence-electron chi connectivity index (χ3n) is 5.21. The number of carbonyl (C=O) groups is 2. The number of esters is 1. The van der Waals surface area contributed by atoms with Crippen LogP contribution in [0.4, 0.5) is 5.69 Å². The van der Waals surface area contributed by atoms with Gasteiger partial charge in [-0.1, -0.05) is 54.1 Å². The van der Waals surface area contributed by atoms with Gasteiger partial charge in [-0.15, -0.1) is 0 Å². The van der Waals surface area contributed by atoms with Crippen molar-refractivity contribution in [2.45, 2.75) is 0 Å². The number of nitriles is 1. The summed E-state index contributed by atoms with van der Waals surface area (Å²) in [5, 5.41) is 14.3. The van der Waals surface area contributed by atoms with Crippen molar-refractivity contribution in [2.75, 3.05) is 12.4 Å². The maximum Gasteiger partial charge on any atom is 0.344 e. The molecule has 0 bridgehead atoms. The molecule has 0 aromatic heterocycles. The van der Waals surface area contributed by atoms with E-state index in [-0.39, 0.29) is 17.1 Å². The van der Waals surface area contributed by atoms with Crippen molar-refractivity contribution in [3.8, 4) is 17.6 Å². The molecule has 8 heteroatoms. The van der Waals surface area contributed by atoms with E-state index in [1.54, 1.807) is 48.5 Å². The van der Waals surface area contributed by atoms with Crippen molar-refractivity contribution < 1.29 is 19.1 Å². The lowest BCUT2D eigenvalue weighted by Gasteiger charge is -2.13. The zero-order chi connectivity index (χ0) is 25.7. The summed E-state index contributed by atoms with van der Waals surface area (Å²) >= 11 is 9.37. The fourth-order valence-electron chi connectivity index (χ4n) is 3.55. The molecule has 4 rings (SSSR count). The number of benzene rings is 4. The number of nitrogens with zero attached hydrogens (tertiary/aromatic N) is 1. The molecule has 0 aliphatic rings. The first kappa shape index (κ1) is 25.0. The number of hydrogen-bond acceptors (Lipinski definition) is 5. The number of fused-ring (bicyclic) bond motifs is 1. The number of rotatable bonds is 6. The maximum absolute atomic E-state index is 13.0. The monoisotopic (exact) mass is 560 g/mol. The van der Waals surface area contributed by atoms with Gasteiger partial charge in [0.25, 0.3) is 5.91 Å². The minimum atomic E-state index is -0.596. The summed E-state index contributed by atoms with van der Waals surface area (Å²) in [6.45, 7) is 0. The Kier molecular flexibility index (Phi) is 7.69. The lowest BCUT2D eigenvalue weighted by Crippen LogP contribution is -2.13. The van der Waals surface area contributed by atoms with Gasteiger partial charge in [0.1, 0.15) is 11.6 Å². The zero-order valence-electron chi connectivity index (χ0n) is 18.9. The topological polar surface area (TPSA) is 88.4 Å². The molecule has 1 N–H and O–H groups in total. The number of anilines is 1. The molecular formula is C28H18BrClN2O4. The van der Waals surface area contributed by atoms with Gasteiger partial charge in [0.2, 0.25) is 0 Å². The van der Waals surface area contributed by atoms with Gasteiger partial charge in [-0.25, -0.2) is 4.79 Å². The Balaban J connectivity index is 1.61. The van der Waals surface area contributed by atoms with Crippen molar-refractivity contribution in [1.29, 1.82) is 5.26 Å². The first-order valence-corrected chi connectivity index (χ1v) is 11.8. The molecular weight excluding hydrogens is 544 g/mol. The number of carbonyl (C=O) groups excluding carboxylic acids is 2. The Morgan fingerprint density at radius 2 is 1.78 bits per heavy atom. The normalized spacial score (nSPS) is 11.0. The van der Waals surface area contributed by atoms with E-state index in [4.69, 9.17) is 21.1 Å². The predicted octanol–water partition coefficient (Wildman–Crippen LogP) is 7.03. The highest BCUT2D eigenvalue weighted by Gasteiger charge is 2.19. The molecule has 4 aromatic carbocycles. The molecule has 0 heterocycles. The maximum atomic E-state index is 13.0. The Morgan fingerprint density at radius 1 is 1.03 bits per heavy atom.